The smallest absolute Gasteiger partial charge is 0.319 e. The zero-order chi connectivity index (χ0) is 17.0. The molecule has 6 heteroatoms. The molecule has 0 radical (unpaired) electrons. The lowest BCUT2D eigenvalue weighted by Crippen LogP contribution is -2.40. The van der Waals surface area contributed by atoms with Crippen LogP contribution < -0.4 is 10.6 Å². The van der Waals surface area contributed by atoms with E-state index in [2.05, 4.69) is 15.6 Å². The minimum Gasteiger partial charge on any atom is -0.441 e. The lowest BCUT2D eigenvalue weighted by atomic mass is 10.1. The molecule has 0 aliphatic rings. The standard InChI is InChI=1S/C17H23N3O3/c1-10(9-21)11(2)19-17(22)20-15-7-5-6-14(8-15)16-18-12(3)13(4)23-16/h5-8,10-11,21H,9H2,1-4H3,(H2,19,20,22)/t10-,11-/m1/s1. The van der Waals surface area contributed by atoms with Crippen molar-refractivity contribution in [2.45, 2.75) is 33.7 Å². The summed E-state index contributed by atoms with van der Waals surface area (Å²) in [5.74, 6) is 1.31. The van der Waals surface area contributed by atoms with Crippen LogP contribution in [0.4, 0.5) is 10.5 Å². The first-order valence-electron chi connectivity index (χ1n) is 7.63. The number of carbonyl (C=O) groups excluding carboxylic acids is 1. The van der Waals surface area contributed by atoms with Gasteiger partial charge in [-0.05, 0) is 44.9 Å². The van der Waals surface area contributed by atoms with Crippen LogP contribution in [-0.2, 0) is 0 Å². The second kappa shape index (κ2) is 7.28. The highest BCUT2D eigenvalue weighted by Crippen LogP contribution is 2.24. The summed E-state index contributed by atoms with van der Waals surface area (Å²) < 4.78 is 5.60. The number of nitrogens with zero attached hydrogens (tertiary/aromatic N) is 1. The molecule has 0 aliphatic carbocycles. The number of urea groups is 1. The molecule has 2 aromatic rings. The number of aryl methyl sites for hydroxylation is 2. The number of aliphatic hydroxyl groups excluding tert-OH is 1. The predicted octanol–water partition coefficient (Wildman–Crippen LogP) is 3.10. The molecule has 2 amide bonds. The van der Waals surface area contributed by atoms with E-state index in [1.54, 1.807) is 6.07 Å². The minimum absolute atomic E-state index is 0.00893. The van der Waals surface area contributed by atoms with Crippen molar-refractivity contribution >= 4 is 11.7 Å². The molecular formula is C17H23N3O3. The number of carbonyl (C=O) groups is 1. The number of rotatable bonds is 5. The lowest BCUT2D eigenvalue weighted by molar-refractivity contribution is 0.204. The van der Waals surface area contributed by atoms with E-state index in [0.29, 0.717) is 11.6 Å². The Morgan fingerprint density at radius 1 is 1.35 bits per heavy atom. The maximum atomic E-state index is 12.0. The first-order chi connectivity index (χ1) is 10.9. The lowest BCUT2D eigenvalue weighted by Gasteiger charge is -2.19. The number of anilines is 1. The first kappa shape index (κ1) is 17.0. The van der Waals surface area contributed by atoms with Crippen LogP contribution in [0.3, 0.4) is 0 Å². The quantitative estimate of drug-likeness (QED) is 0.791. The van der Waals surface area contributed by atoms with Crippen molar-refractivity contribution in [3.8, 4) is 11.5 Å². The second-order valence-corrected chi connectivity index (χ2v) is 5.79. The van der Waals surface area contributed by atoms with Crippen molar-refractivity contribution in [2.75, 3.05) is 11.9 Å². The fraction of sp³-hybridized carbons (Fsp3) is 0.412. The summed E-state index contributed by atoms with van der Waals surface area (Å²) in [6.45, 7) is 7.51. The van der Waals surface area contributed by atoms with Crippen LogP contribution in [-0.4, -0.2) is 28.8 Å². The van der Waals surface area contributed by atoms with Gasteiger partial charge < -0.3 is 20.2 Å². The Bertz CT molecular complexity index is 662. The first-order valence-corrected chi connectivity index (χ1v) is 7.63. The Labute approximate surface area is 135 Å². The largest absolute Gasteiger partial charge is 0.441 e. The Balaban J connectivity index is 2.07. The maximum absolute atomic E-state index is 12.0. The van der Waals surface area contributed by atoms with E-state index in [-0.39, 0.29) is 24.6 Å². The maximum Gasteiger partial charge on any atom is 0.319 e. The van der Waals surface area contributed by atoms with E-state index in [9.17, 15) is 4.79 Å². The number of hydrogen-bond acceptors (Lipinski definition) is 4. The molecule has 0 bridgehead atoms. The molecule has 0 unspecified atom stereocenters. The van der Waals surface area contributed by atoms with Gasteiger partial charge in [0.15, 0.2) is 0 Å². The van der Waals surface area contributed by atoms with Gasteiger partial charge in [-0.3, -0.25) is 0 Å². The van der Waals surface area contributed by atoms with Gasteiger partial charge in [0.1, 0.15) is 5.76 Å². The van der Waals surface area contributed by atoms with Crippen molar-refractivity contribution in [1.29, 1.82) is 0 Å². The van der Waals surface area contributed by atoms with Crippen molar-refractivity contribution in [2.24, 2.45) is 5.92 Å². The van der Waals surface area contributed by atoms with Gasteiger partial charge in [0.25, 0.3) is 0 Å². The average molecular weight is 317 g/mol. The molecule has 2 rings (SSSR count). The Morgan fingerprint density at radius 3 is 2.70 bits per heavy atom. The second-order valence-electron chi connectivity index (χ2n) is 5.79. The fourth-order valence-electron chi connectivity index (χ4n) is 2.00. The Kier molecular flexibility index (Phi) is 5.39. The van der Waals surface area contributed by atoms with Crippen LogP contribution in [0.15, 0.2) is 28.7 Å². The van der Waals surface area contributed by atoms with Crippen molar-refractivity contribution in [3.63, 3.8) is 0 Å². The van der Waals surface area contributed by atoms with Gasteiger partial charge in [0, 0.05) is 23.9 Å². The zero-order valence-corrected chi connectivity index (χ0v) is 13.9. The fourth-order valence-corrected chi connectivity index (χ4v) is 2.00. The summed E-state index contributed by atoms with van der Waals surface area (Å²) in [4.78, 5) is 16.4. The van der Waals surface area contributed by atoms with Crippen LogP contribution in [0.2, 0.25) is 0 Å². The molecule has 0 saturated heterocycles. The SMILES string of the molecule is Cc1nc(-c2cccc(NC(=O)N[C@H](C)[C@H](C)CO)c2)oc1C. The Hall–Kier alpha value is -2.34. The third kappa shape index (κ3) is 4.32. The van der Waals surface area contributed by atoms with Gasteiger partial charge >= 0.3 is 6.03 Å². The summed E-state index contributed by atoms with van der Waals surface area (Å²) in [6, 6.07) is 6.88. The molecule has 3 N–H and O–H groups in total. The summed E-state index contributed by atoms with van der Waals surface area (Å²) in [6.07, 6.45) is 0. The van der Waals surface area contributed by atoms with Crippen molar-refractivity contribution in [1.82, 2.24) is 10.3 Å². The van der Waals surface area contributed by atoms with Gasteiger partial charge in [-0.25, -0.2) is 9.78 Å². The predicted molar refractivity (Wildman–Crippen MR) is 89.3 cm³/mol. The minimum atomic E-state index is -0.310. The highest BCUT2D eigenvalue weighted by molar-refractivity contribution is 5.90. The number of hydrogen-bond donors (Lipinski definition) is 3. The average Bonchev–Trinajstić information content (AvgIpc) is 2.86. The van der Waals surface area contributed by atoms with Crippen LogP contribution in [0.25, 0.3) is 11.5 Å². The normalized spacial score (nSPS) is 13.4. The number of nitrogens with one attached hydrogen (secondary N) is 2. The van der Waals surface area contributed by atoms with Gasteiger partial charge in [-0.1, -0.05) is 13.0 Å². The van der Waals surface area contributed by atoms with E-state index in [4.69, 9.17) is 9.52 Å². The van der Waals surface area contributed by atoms with E-state index in [1.165, 1.54) is 0 Å². The molecule has 0 spiro atoms. The molecule has 1 aromatic carbocycles. The zero-order valence-electron chi connectivity index (χ0n) is 13.9. The third-order valence-electron chi connectivity index (χ3n) is 3.90. The van der Waals surface area contributed by atoms with Gasteiger partial charge in [0.05, 0.1) is 5.69 Å². The van der Waals surface area contributed by atoms with Crippen molar-refractivity contribution < 1.29 is 14.3 Å². The number of amides is 2. The molecule has 0 fully saturated rings. The highest BCUT2D eigenvalue weighted by atomic mass is 16.4. The molecule has 6 nitrogen and oxygen atoms in total. The Morgan fingerprint density at radius 2 is 2.09 bits per heavy atom. The number of benzene rings is 1. The summed E-state index contributed by atoms with van der Waals surface area (Å²) in [5, 5.41) is 14.7. The molecule has 1 heterocycles. The number of aliphatic hydroxyl groups is 1. The monoisotopic (exact) mass is 317 g/mol. The van der Waals surface area contributed by atoms with Crippen LogP contribution in [0.1, 0.15) is 25.3 Å². The molecule has 124 valence electrons. The molecule has 1 aromatic heterocycles. The summed E-state index contributed by atoms with van der Waals surface area (Å²) >= 11 is 0. The van der Waals surface area contributed by atoms with Gasteiger partial charge in [-0.15, -0.1) is 0 Å². The number of aromatic nitrogens is 1. The topological polar surface area (TPSA) is 87.4 Å². The van der Waals surface area contributed by atoms with Crippen molar-refractivity contribution in [3.05, 3.63) is 35.7 Å². The number of oxazole rings is 1. The van der Waals surface area contributed by atoms with Crippen LogP contribution in [0.5, 0.6) is 0 Å². The van der Waals surface area contributed by atoms with E-state index in [0.717, 1.165) is 17.0 Å². The highest BCUT2D eigenvalue weighted by Gasteiger charge is 2.14. The molecule has 23 heavy (non-hydrogen) atoms. The molecular weight excluding hydrogens is 294 g/mol. The van der Waals surface area contributed by atoms with E-state index < -0.39 is 0 Å². The van der Waals surface area contributed by atoms with Gasteiger partial charge in [-0.2, -0.15) is 0 Å². The molecule has 2 atom stereocenters. The van der Waals surface area contributed by atoms with Gasteiger partial charge in [0.2, 0.25) is 5.89 Å². The van der Waals surface area contributed by atoms with Crippen LogP contribution >= 0.6 is 0 Å². The summed E-state index contributed by atoms with van der Waals surface area (Å²) in [5.41, 5.74) is 2.30. The summed E-state index contributed by atoms with van der Waals surface area (Å²) in [7, 11) is 0. The van der Waals surface area contributed by atoms with E-state index >= 15 is 0 Å². The van der Waals surface area contributed by atoms with E-state index in [1.807, 2.05) is 45.9 Å². The third-order valence-corrected chi connectivity index (χ3v) is 3.90. The molecule has 0 aliphatic heterocycles. The molecule has 0 saturated carbocycles. The van der Waals surface area contributed by atoms with Crippen LogP contribution in [0, 0.1) is 19.8 Å².